The molecule has 2 heterocycles. The summed E-state index contributed by atoms with van der Waals surface area (Å²) < 4.78 is 13.3. The molecular weight excluding hydrogens is 293 g/mol. The summed E-state index contributed by atoms with van der Waals surface area (Å²) >= 11 is 0. The molecule has 5 nitrogen and oxygen atoms in total. The van der Waals surface area contributed by atoms with Gasteiger partial charge in [0.15, 0.2) is 0 Å². The molecule has 1 aromatic carbocycles. The van der Waals surface area contributed by atoms with Gasteiger partial charge in [-0.15, -0.1) is 0 Å². The van der Waals surface area contributed by atoms with Crippen LogP contribution in [-0.2, 0) is 0 Å². The summed E-state index contributed by atoms with van der Waals surface area (Å²) in [6.45, 7) is 2.68. The van der Waals surface area contributed by atoms with Crippen molar-refractivity contribution in [3.05, 3.63) is 60.7 Å². The van der Waals surface area contributed by atoms with E-state index < -0.39 is 0 Å². The number of aromatic nitrogens is 3. The highest BCUT2D eigenvalue weighted by atomic mass is 19.1. The molecule has 0 aliphatic heterocycles. The van der Waals surface area contributed by atoms with Gasteiger partial charge >= 0.3 is 0 Å². The van der Waals surface area contributed by atoms with Crippen LogP contribution < -0.4 is 10.6 Å². The molecule has 2 N–H and O–H groups in total. The predicted molar refractivity (Wildman–Crippen MR) is 89.1 cm³/mol. The smallest absolute Gasteiger partial charge is 0.225 e. The number of nitrogens with zero attached hydrogens (tertiary/aromatic N) is 3. The van der Waals surface area contributed by atoms with Crippen molar-refractivity contribution in [2.75, 3.05) is 17.2 Å². The lowest BCUT2D eigenvalue weighted by atomic mass is 10.2. The Morgan fingerprint density at radius 2 is 2.00 bits per heavy atom. The molecule has 0 aliphatic rings. The first-order valence-electron chi connectivity index (χ1n) is 7.30. The van der Waals surface area contributed by atoms with E-state index in [0.29, 0.717) is 24.0 Å². The second-order valence-corrected chi connectivity index (χ2v) is 4.87. The third-order valence-electron chi connectivity index (χ3n) is 3.12. The van der Waals surface area contributed by atoms with Crippen LogP contribution in [0.2, 0.25) is 0 Å². The molecule has 3 rings (SSSR count). The van der Waals surface area contributed by atoms with Gasteiger partial charge in [0.1, 0.15) is 11.6 Å². The van der Waals surface area contributed by atoms with Gasteiger partial charge in [0.2, 0.25) is 5.95 Å². The lowest BCUT2D eigenvalue weighted by Gasteiger charge is -2.10. The molecule has 0 spiro atoms. The Morgan fingerprint density at radius 1 is 1.09 bits per heavy atom. The molecule has 0 amide bonds. The standard InChI is InChI=1S/C17H16FN5/c1-2-20-17-22-15(12-5-4-8-19-11-12)10-16(23-17)21-14-7-3-6-13(18)9-14/h3-11H,2H2,1H3,(H2,20,21,22,23). The van der Waals surface area contributed by atoms with Gasteiger partial charge in [0.05, 0.1) is 5.69 Å². The van der Waals surface area contributed by atoms with Crippen molar-refractivity contribution in [3.8, 4) is 11.3 Å². The predicted octanol–water partition coefficient (Wildman–Crippen LogP) is 3.85. The average Bonchev–Trinajstić information content (AvgIpc) is 2.56. The second-order valence-electron chi connectivity index (χ2n) is 4.87. The third kappa shape index (κ3) is 3.79. The van der Waals surface area contributed by atoms with Gasteiger partial charge in [-0.25, -0.2) is 9.37 Å². The first-order chi connectivity index (χ1) is 11.2. The molecule has 116 valence electrons. The Kier molecular flexibility index (Phi) is 4.42. The first-order valence-corrected chi connectivity index (χ1v) is 7.30. The van der Waals surface area contributed by atoms with E-state index in [0.717, 1.165) is 11.3 Å². The van der Waals surface area contributed by atoms with Gasteiger partial charge in [0, 0.05) is 36.3 Å². The van der Waals surface area contributed by atoms with Crippen molar-refractivity contribution in [1.82, 2.24) is 15.0 Å². The second kappa shape index (κ2) is 6.83. The van der Waals surface area contributed by atoms with E-state index in [1.54, 1.807) is 24.5 Å². The van der Waals surface area contributed by atoms with Gasteiger partial charge in [-0.05, 0) is 37.3 Å². The molecule has 23 heavy (non-hydrogen) atoms. The summed E-state index contributed by atoms with van der Waals surface area (Å²) in [7, 11) is 0. The molecule has 0 bridgehead atoms. The summed E-state index contributed by atoms with van der Waals surface area (Å²) in [6.07, 6.45) is 3.45. The van der Waals surface area contributed by atoms with Crippen LogP contribution in [0.5, 0.6) is 0 Å². The fraction of sp³-hybridized carbons (Fsp3) is 0.118. The minimum atomic E-state index is -0.302. The highest BCUT2D eigenvalue weighted by molar-refractivity contribution is 5.66. The highest BCUT2D eigenvalue weighted by Gasteiger charge is 2.07. The monoisotopic (exact) mass is 309 g/mol. The number of rotatable bonds is 5. The van der Waals surface area contributed by atoms with E-state index in [9.17, 15) is 4.39 Å². The number of hydrogen-bond acceptors (Lipinski definition) is 5. The minimum Gasteiger partial charge on any atom is -0.354 e. The largest absolute Gasteiger partial charge is 0.354 e. The SMILES string of the molecule is CCNc1nc(Nc2cccc(F)c2)cc(-c2cccnc2)n1. The van der Waals surface area contributed by atoms with Crippen LogP contribution in [0, 0.1) is 5.82 Å². The summed E-state index contributed by atoms with van der Waals surface area (Å²) in [6, 6.07) is 11.8. The lowest BCUT2D eigenvalue weighted by molar-refractivity contribution is 0.628. The Labute approximate surface area is 133 Å². The van der Waals surface area contributed by atoms with Gasteiger partial charge < -0.3 is 10.6 Å². The summed E-state index contributed by atoms with van der Waals surface area (Å²) in [5, 5.41) is 6.20. The van der Waals surface area contributed by atoms with E-state index in [4.69, 9.17) is 0 Å². The molecule has 3 aromatic rings. The molecule has 0 aliphatic carbocycles. The van der Waals surface area contributed by atoms with Crippen molar-refractivity contribution >= 4 is 17.5 Å². The van der Waals surface area contributed by atoms with Crippen LogP contribution in [0.4, 0.5) is 21.8 Å². The fourth-order valence-electron chi connectivity index (χ4n) is 2.12. The first kappa shape index (κ1) is 14.9. The Hall–Kier alpha value is -3.02. The zero-order valence-electron chi connectivity index (χ0n) is 12.6. The van der Waals surface area contributed by atoms with Crippen molar-refractivity contribution in [2.45, 2.75) is 6.92 Å². The van der Waals surface area contributed by atoms with Gasteiger partial charge in [0.25, 0.3) is 0 Å². The maximum atomic E-state index is 13.3. The Balaban J connectivity index is 1.97. The van der Waals surface area contributed by atoms with Crippen LogP contribution in [-0.4, -0.2) is 21.5 Å². The van der Waals surface area contributed by atoms with Crippen molar-refractivity contribution in [2.24, 2.45) is 0 Å². The van der Waals surface area contributed by atoms with Crippen LogP contribution in [0.1, 0.15) is 6.92 Å². The van der Waals surface area contributed by atoms with E-state index >= 15 is 0 Å². The van der Waals surface area contributed by atoms with Crippen LogP contribution in [0.3, 0.4) is 0 Å². The van der Waals surface area contributed by atoms with E-state index in [2.05, 4.69) is 25.6 Å². The molecule has 0 fully saturated rings. The zero-order chi connectivity index (χ0) is 16.1. The summed E-state index contributed by atoms with van der Waals surface area (Å²) in [4.78, 5) is 13.0. The number of halogens is 1. The van der Waals surface area contributed by atoms with E-state index in [1.165, 1.54) is 12.1 Å². The van der Waals surface area contributed by atoms with Crippen molar-refractivity contribution in [3.63, 3.8) is 0 Å². The molecule has 0 atom stereocenters. The fourth-order valence-corrected chi connectivity index (χ4v) is 2.12. The van der Waals surface area contributed by atoms with Crippen LogP contribution >= 0.6 is 0 Å². The maximum Gasteiger partial charge on any atom is 0.225 e. The number of hydrogen-bond donors (Lipinski definition) is 2. The van der Waals surface area contributed by atoms with Crippen molar-refractivity contribution < 1.29 is 4.39 Å². The highest BCUT2D eigenvalue weighted by Crippen LogP contribution is 2.23. The molecule has 6 heteroatoms. The van der Waals surface area contributed by atoms with Gasteiger partial charge in [-0.3, -0.25) is 4.98 Å². The molecule has 0 radical (unpaired) electrons. The van der Waals surface area contributed by atoms with Gasteiger partial charge in [-0.2, -0.15) is 4.98 Å². The average molecular weight is 309 g/mol. The molecule has 2 aromatic heterocycles. The van der Waals surface area contributed by atoms with Crippen LogP contribution in [0.15, 0.2) is 54.9 Å². The van der Waals surface area contributed by atoms with Crippen LogP contribution in [0.25, 0.3) is 11.3 Å². The Morgan fingerprint density at radius 3 is 2.74 bits per heavy atom. The molecule has 0 saturated heterocycles. The van der Waals surface area contributed by atoms with Gasteiger partial charge in [-0.1, -0.05) is 6.07 Å². The topological polar surface area (TPSA) is 62.7 Å². The summed E-state index contributed by atoms with van der Waals surface area (Å²) in [5.41, 5.74) is 2.25. The Bertz CT molecular complexity index is 792. The van der Waals surface area contributed by atoms with E-state index in [1.807, 2.05) is 25.1 Å². The number of pyridine rings is 1. The number of anilines is 3. The maximum absolute atomic E-state index is 13.3. The minimum absolute atomic E-state index is 0.302. The normalized spacial score (nSPS) is 10.3. The lowest BCUT2D eigenvalue weighted by Crippen LogP contribution is -2.05. The third-order valence-corrected chi connectivity index (χ3v) is 3.12. The zero-order valence-corrected chi connectivity index (χ0v) is 12.6. The summed E-state index contributed by atoms with van der Waals surface area (Å²) in [5.74, 6) is 0.789. The number of benzene rings is 1. The van der Waals surface area contributed by atoms with Crippen molar-refractivity contribution in [1.29, 1.82) is 0 Å². The number of nitrogens with one attached hydrogen (secondary N) is 2. The molecule has 0 saturated carbocycles. The molecular formula is C17H16FN5. The quantitative estimate of drug-likeness (QED) is 0.749. The van der Waals surface area contributed by atoms with E-state index in [-0.39, 0.29) is 5.82 Å². The molecule has 0 unspecified atom stereocenters.